The number of aliphatic hydroxyl groups is 11. The zero-order valence-electron chi connectivity index (χ0n) is 41.1. The van der Waals surface area contributed by atoms with Crippen LogP contribution in [0.5, 0.6) is 0 Å². The van der Waals surface area contributed by atoms with Crippen LogP contribution in [0.25, 0.3) is 0 Å². The molecule has 0 radical (unpaired) electrons. The molecule has 0 aromatic rings. The van der Waals surface area contributed by atoms with E-state index in [0.717, 1.165) is 0 Å². The van der Waals surface area contributed by atoms with Gasteiger partial charge in [0.1, 0.15) is 12.2 Å². The lowest BCUT2D eigenvalue weighted by molar-refractivity contribution is -0.307. The molecule has 20 nitrogen and oxygen atoms in total. The fourth-order valence-electron chi connectivity index (χ4n) is 8.95. The van der Waals surface area contributed by atoms with Gasteiger partial charge in [-0.15, -0.1) is 0 Å². The Labute approximate surface area is 416 Å². The predicted molar refractivity (Wildman–Crippen MR) is 258 cm³/mol. The Morgan fingerprint density at radius 1 is 0.662 bits per heavy atom. The molecule has 0 spiro atoms. The Hall–Kier alpha value is -3.52. The number of amides is 1. The lowest BCUT2D eigenvalue weighted by atomic mass is 9.82. The van der Waals surface area contributed by atoms with E-state index in [1.54, 1.807) is 81.5 Å². The SMILES string of the molecule is C[C@@H]1OC(=O)CC(O)CC(O)CCC(O)C(O)CC(O)CC2(O)C[C@H](O)C(C(=O)NC3COC[C@@H]3O)[C@H](CC(O[C@@H]3O[C@H](C)C(O)[C@H](N)C3O)/C=C/C=C/C=C/C=C/C=C/C=C/C=C/[C@H](C)C(O)[C@H]1C)O2. The van der Waals surface area contributed by atoms with E-state index in [1.807, 2.05) is 31.2 Å². The van der Waals surface area contributed by atoms with Crippen LogP contribution in [-0.2, 0) is 33.3 Å². The number of ether oxygens (including phenoxy) is 5. The van der Waals surface area contributed by atoms with E-state index in [4.69, 9.17) is 29.4 Å². The summed E-state index contributed by atoms with van der Waals surface area (Å²) in [6.07, 6.45) is 2.79. The first kappa shape index (κ1) is 60.0. The Morgan fingerprint density at radius 2 is 1.27 bits per heavy atom. The summed E-state index contributed by atoms with van der Waals surface area (Å²) in [5.41, 5.74) is 6.10. The maximum atomic E-state index is 13.9. The number of cyclic esters (lactones) is 1. The first-order valence-electron chi connectivity index (χ1n) is 24.6. The van der Waals surface area contributed by atoms with E-state index in [0.29, 0.717) is 0 Å². The third kappa shape index (κ3) is 19.4. The zero-order valence-corrected chi connectivity index (χ0v) is 41.1. The van der Waals surface area contributed by atoms with E-state index in [-0.39, 0.29) is 44.8 Å². The fourth-order valence-corrected chi connectivity index (χ4v) is 8.95. The minimum atomic E-state index is -2.32. The number of carbonyl (C=O) groups excluding carboxylic acids is 2. The predicted octanol–water partition coefficient (Wildman–Crippen LogP) is -0.497. The number of hydrogen-bond donors (Lipinski definition) is 13. The van der Waals surface area contributed by atoms with Gasteiger partial charge in [0.05, 0.1) is 111 Å². The zero-order chi connectivity index (χ0) is 52.4. The summed E-state index contributed by atoms with van der Waals surface area (Å²) in [6.45, 7) is 6.72. The molecule has 3 saturated heterocycles. The quantitative estimate of drug-likeness (QED) is 0.158. The monoisotopic (exact) mass is 1010 g/mol. The van der Waals surface area contributed by atoms with Crippen molar-refractivity contribution in [3.05, 3.63) is 85.1 Å². The van der Waals surface area contributed by atoms with Gasteiger partial charge in [0.2, 0.25) is 5.91 Å². The minimum Gasteiger partial charge on any atom is -0.462 e. The molecule has 14 N–H and O–H groups in total. The number of esters is 1. The fraction of sp³-hybridized carbons (Fsp3) is 0.686. The van der Waals surface area contributed by atoms with Gasteiger partial charge in [-0.25, -0.2) is 0 Å². The van der Waals surface area contributed by atoms with Crippen molar-refractivity contribution < 1.29 is 89.4 Å². The molecule has 0 aromatic carbocycles. The first-order chi connectivity index (χ1) is 33.6. The van der Waals surface area contributed by atoms with Crippen molar-refractivity contribution in [2.24, 2.45) is 23.5 Å². The average Bonchev–Trinajstić information content (AvgIpc) is 3.70. The number of rotatable bonds is 4. The van der Waals surface area contributed by atoms with Crippen molar-refractivity contribution in [1.82, 2.24) is 5.32 Å². The molecule has 0 saturated carbocycles. The van der Waals surface area contributed by atoms with Crippen LogP contribution < -0.4 is 11.1 Å². The molecule has 71 heavy (non-hydrogen) atoms. The molecule has 4 heterocycles. The standard InChI is InChI=1S/C51H80N2O18/c1-29-17-15-13-11-9-7-5-6-8-10-12-14-16-18-36(70-50-48(64)45(52)47(63)32(4)69-50)24-42-44(49(65)53-37-27-67-28-41(37)60)40(59)26-51(66,71-42)25-35(56)22-39(58)38(57)20-19-33(54)21-34(55)23-43(61)68-31(3)30(2)46(29)62/h5-18,29-42,44-48,50,54-60,62-64,66H,19-28,52H2,1-4H3,(H,53,65)/b6-5+,9-7+,10-8+,13-11+,14-12+,17-15+,18-16+/t29-,30-,31-,32+,33?,34?,35?,36?,37?,38?,39?,40-,41-,42-,44?,45-,46?,47?,48?,50-,51?/m0/s1. The van der Waals surface area contributed by atoms with Gasteiger partial charge in [-0.2, -0.15) is 0 Å². The number of nitrogens with one attached hydrogen (secondary N) is 1. The third-order valence-electron chi connectivity index (χ3n) is 13.4. The van der Waals surface area contributed by atoms with Gasteiger partial charge in [-0.1, -0.05) is 98.9 Å². The highest BCUT2D eigenvalue weighted by atomic mass is 16.7. The number of hydrogen-bond acceptors (Lipinski definition) is 19. The third-order valence-corrected chi connectivity index (χ3v) is 13.4. The van der Waals surface area contributed by atoms with E-state index >= 15 is 0 Å². The molecule has 20 heteroatoms. The lowest BCUT2D eigenvalue weighted by Gasteiger charge is -2.46. The van der Waals surface area contributed by atoms with Gasteiger partial charge >= 0.3 is 5.97 Å². The maximum Gasteiger partial charge on any atom is 0.308 e. The van der Waals surface area contributed by atoms with Crippen LogP contribution in [0.15, 0.2) is 85.1 Å². The summed E-state index contributed by atoms with van der Waals surface area (Å²) in [4.78, 5) is 26.6. The van der Waals surface area contributed by atoms with Crippen molar-refractivity contribution in [2.75, 3.05) is 13.2 Å². The minimum absolute atomic E-state index is 0.00762. The number of allylic oxidation sites excluding steroid dienone is 12. The Morgan fingerprint density at radius 3 is 1.87 bits per heavy atom. The van der Waals surface area contributed by atoms with Crippen LogP contribution in [0.1, 0.15) is 79.1 Å². The van der Waals surface area contributed by atoms with Crippen molar-refractivity contribution in [2.45, 2.75) is 189 Å². The molecule has 2 bridgehead atoms. The second kappa shape index (κ2) is 29.4. The van der Waals surface area contributed by atoms with Crippen LogP contribution in [-0.4, -0.2) is 191 Å². The molecule has 3 fully saturated rings. The highest BCUT2D eigenvalue weighted by Crippen LogP contribution is 2.38. The molecule has 4 aliphatic heterocycles. The highest BCUT2D eigenvalue weighted by Gasteiger charge is 2.51. The number of aliphatic hydroxyl groups excluding tert-OH is 10. The van der Waals surface area contributed by atoms with E-state index in [9.17, 15) is 65.8 Å². The molecular formula is C51H80N2O18. The van der Waals surface area contributed by atoms with Crippen LogP contribution in [0.2, 0.25) is 0 Å². The smallest absolute Gasteiger partial charge is 0.308 e. The van der Waals surface area contributed by atoms with Gasteiger partial charge in [0, 0.05) is 37.5 Å². The molecule has 4 aliphatic rings. The second-order valence-corrected chi connectivity index (χ2v) is 19.4. The molecule has 0 aromatic heterocycles. The van der Waals surface area contributed by atoms with Crippen molar-refractivity contribution >= 4 is 11.9 Å². The molecule has 21 atom stereocenters. The van der Waals surface area contributed by atoms with Crippen LogP contribution in [0.3, 0.4) is 0 Å². The normalized spacial score (nSPS) is 45.8. The van der Waals surface area contributed by atoms with Crippen LogP contribution in [0.4, 0.5) is 0 Å². The Bertz CT molecular complexity index is 1840. The summed E-state index contributed by atoms with van der Waals surface area (Å²) < 4.78 is 29.0. The largest absolute Gasteiger partial charge is 0.462 e. The topological polar surface area (TPSA) is 341 Å². The molecule has 0 aliphatic carbocycles. The van der Waals surface area contributed by atoms with Gasteiger partial charge in [-0.05, 0) is 33.1 Å². The van der Waals surface area contributed by atoms with Gasteiger partial charge in [0.25, 0.3) is 0 Å². The lowest BCUT2D eigenvalue weighted by Crippen LogP contribution is -2.62. The highest BCUT2D eigenvalue weighted by molar-refractivity contribution is 5.80. The first-order valence-corrected chi connectivity index (χ1v) is 24.6. The van der Waals surface area contributed by atoms with Crippen LogP contribution in [0, 0.1) is 17.8 Å². The van der Waals surface area contributed by atoms with E-state index in [1.165, 1.54) is 0 Å². The van der Waals surface area contributed by atoms with Crippen LogP contribution >= 0.6 is 0 Å². The summed E-state index contributed by atoms with van der Waals surface area (Å²) >= 11 is 0. The maximum absolute atomic E-state index is 13.9. The number of fused-ring (bicyclic) bond motifs is 2. The molecular weight excluding hydrogens is 929 g/mol. The van der Waals surface area contributed by atoms with E-state index in [2.05, 4.69) is 5.32 Å². The van der Waals surface area contributed by atoms with E-state index < -0.39 is 159 Å². The number of nitrogens with two attached hydrogens (primary N) is 1. The molecule has 12 unspecified atom stereocenters. The number of carbonyl (C=O) groups is 2. The molecule has 4 rings (SSSR count). The second-order valence-electron chi connectivity index (χ2n) is 19.4. The Kier molecular flexibility index (Phi) is 24.9. The van der Waals surface area contributed by atoms with Crippen molar-refractivity contribution in [1.29, 1.82) is 0 Å². The molecule has 402 valence electrons. The van der Waals surface area contributed by atoms with Crippen molar-refractivity contribution in [3.8, 4) is 0 Å². The Balaban J connectivity index is 1.60. The van der Waals surface area contributed by atoms with Gasteiger partial charge in [-0.3, -0.25) is 9.59 Å². The summed E-state index contributed by atoms with van der Waals surface area (Å²) in [7, 11) is 0. The van der Waals surface area contributed by atoms with Crippen molar-refractivity contribution in [3.63, 3.8) is 0 Å². The van der Waals surface area contributed by atoms with Gasteiger partial charge < -0.3 is 90.9 Å². The average molecular weight is 1010 g/mol. The summed E-state index contributed by atoms with van der Waals surface area (Å²) in [6, 6.07) is -1.98. The van der Waals surface area contributed by atoms with Gasteiger partial charge in [0.15, 0.2) is 12.1 Å². The summed E-state index contributed by atoms with van der Waals surface area (Å²) in [5.74, 6) is -5.95. The summed E-state index contributed by atoms with van der Waals surface area (Å²) in [5, 5.41) is 123. The molecule has 1 amide bonds.